The molecule has 50 valence electrons. The quantitative estimate of drug-likeness (QED) is 0.577. The van der Waals surface area contributed by atoms with E-state index in [1.807, 2.05) is 6.92 Å². The maximum Gasteiger partial charge on any atom is 0.331 e. The highest BCUT2D eigenvalue weighted by atomic mass is 31.2. The molecule has 0 radical (unpaired) electrons. The van der Waals surface area contributed by atoms with Crippen LogP contribution < -0.4 is 0 Å². The molecule has 0 heterocycles. The lowest BCUT2D eigenvalue weighted by Crippen LogP contribution is -2.05. The number of rotatable bonds is 3. The van der Waals surface area contributed by atoms with Gasteiger partial charge in [-0.05, 0) is 6.92 Å². The van der Waals surface area contributed by atoms with Crippen molar-refractivity contribution in [2.24, 2.45) is 0 Å². The zero-order chi connectivity index (χ0) is 6.57. The lowest BCUT2D eigenvalue weighted by Gasteiger charge is -2.05. The van der Waals surface area contributed by atoms with Crippen molar-refractivity contribution < 1.29 is 9.42 Å². The van der Waals surface area contributed by atoms with Gasteiger partial charge in [-0.1, -0.05) is 0 Å². The van der Waals surface area contributed by atoms with Crippen LogP contribution in [0.15, 0.2) is 0 Å². The van der Waals surface area contributed by atoms with E-state index in [1.54, 1.807) is 18.8 Å². The Morgan fingerprint density at radius 3 is 2.25 bits per heavy atom. The molecule has 0 saturated heterocycles. The molecule has 1 atom stereocenters. The first-order valence-electron chi connectivity index (χ1n) is 2.54. The fourth-order valence-electron chi connectivity index (χ4n) is 0.258. The first kappa shape index (κ1) is 8.31. The Morgan fingerprint density at radius 1 is 1.62 bits per heavy atom. The van der Waals surface area contributed by atoms with Gasteiger partial charge < -0.3 is 0 Å². The number of hydrogen-bond donors (Lipinski definition) is 1. The first-order chi connectivity index (χ1) is 3.68. The van der Waals surface area contributed by atoms with Crippen molar-refractivity contribution in [3.63, 3.8) is 0 Å². The number of nitrogens with zero attached hydrogens (tertiary/aromatic N) is 1. The SMILES string of the molecule is CCO[PH+](O)N(C)C. The third-order valence-corrected chi connectivity index (χ3v) is 1.97. The van der Waals surface area contributed by atoms with Gasteiger partial charge in [0, 0.05) is 14.1 Å². The third-order valence-electron chi connectivity index (χ3n) is 0.656. The van der Waals surface area contributed by atoms with Gasteiger partial charge in [0.15, 0.2) is 0 Å². The van der Waals surface area contributed by atoms with Gasteiger partial charge in [-0.15, -0.1) is 4.67 Å². The zero-order valence-electron chi connectivity index (χ0n) is 5.51. The summed E-state index contributed by atoms with van der Waals surface area (Å²) < 4.78 is 6.58. The smallest absolute Gasteiger partial charge is 0.203 e. The Morgan fingerprint density at radius 2 is 2.12 bits per heavy atom. The molecule has 4 heteroatoms. The van der Waals surface area contributed by atoms with Crippen molar-refractivity contribution in [1.82, 2.24) is 4.67 Å². The molecule has 0 aliphatic rings. The summed E-state index contributed by atoms with van der Waals surface area (Å²) in [5, 5.41) is 0. The Labute approximate surface area is 51.2 Å². The standard InChI is InChI=1S/C4H12NO2P/c1-4-7-8(6)5(2)3/h6H,4H2,1-3H3/p+1. The van der Waals surface area contributed by atoms with Gasteiger partial charge >= 0.3 is 8.53 Å². The lowest BCUT2D eigenvalue weighted by molar-refractivity contribution is 0.293. The molecule has 0 aliphatic carbocycles. The minimum Gasteiger partial charge on any atom is -0.203 e. The van der Waals surface area contributed by atoms with Crippen molar-refractivity contribution in [3.8, 4) is 0 Å². The van der Waals surface area contributed by atoms with Gasteiger partial charge in [-0.3, -0.25) is 0 Å². The topological polar surface area (TPSA) is 32.7 Å². The molecule has 1 unspecified atom stereocenters. The molecular weight excluding hydrogens is 125 g/mol. The fourth-order valence-corrected chi connectivity index (χ4v) is 0.775. The monoisotopic (exact) mass is 138 g/mol. The maximum absolute atomic E-state index is 8.93. The molecule has 0 fully saturated rings. The maximum atomic E-state index is 8.93. The molecule has 0 spiro atoms. The highest BCUT2D eigenvalue weighted by Crippen LogP contribution is 2.32. The molecule has 0 aromatic carbocycles. The van der Waals surface area contributed by atoms with E-state index in [-0.39, 0.29) is 0 Å². The zero-order valence-corrected chi connectivity index (χ0v) is 6.51. The lowest BCUT2D eigenvalue weighted by atomic mass is 10.9. The van der Waals surface area contributed by atoms with E-state index in [1.165, 1.54) is 0 Å². The summed E-state index contributed by atoms with van der Waals surface area (Å²) in [4.78, 5) is 8.93. The summed E-state index contributed by atoms with van der Waals surface area (Å²) in [5.74, 6) is 0. The van der Waals surface area contributed by atoms with Crippen molar-refractivity contribution in [2.45, 2.75) is 6.92 Å². The minimum atomic E-state index is -1.62. The molecule has 0 bridgehead atoms. The van der Waals surface area contributed by atoms with Crippen LogP contribution in [-0.4, -0.2) is 30.3 Å². The van der Waals surface area contributed by atoms with Crippen molar-refractivity contribution >= 4 is 8.53 Å². The van der Waals surface area contributed by atoms with Crippen molar-refractivity contribution in [3.05, 3.63) is 0 Å². The van der Waals surface area contributed by atoms with Crippen molar-refractivity contribution in [2.75, 3.05) is 20.7 Å². The molecule has 1 N–H and O–H groups in total. The van der Waals surface area contributed by atoms with Crippen molar-refractivity contribution in [1.29, 1.82) is 0 Å². The van der Waals surface area contributed by atoms with E-state index < -0.39 is 8.53 Å². The van der Waals surface area contributed by atoms with Crippen LogP contribution in [0.25, 0.3) is 0 Å². The Kier molecular flexibility index (Phi) is 4.38. The van der Waals surface area contributed by atoms with Crippen LogP contribution in [0.4, 0.5) is 0 Å². The average molecular weight is 138 g/mol. The summed E-state index contributed by atoms with van der Waals surface area (Å²) in [6, 6.07) is 0. The molecule has 8 heavy (non-hydrogen) atoms. The second-order valence-electron chi connectivity index (χ2n) is 1.61. The number of hydrogen-bond acceptors (Lipinski definition) is 3. The van der Waals surface area contributed by atoms with E-state index in [9.17, 15) is 0 Å². The van der Waals surface area contributed by atoms with Crippen LogP contribution >= 0.6 is 8.53 Å². The molecule has 3 nitrogen and oxygen atoms in total. The molecule has 0 aromatic heterocycles. The summed E-state index contributed by atoms with van der Waals surface area (Å²) in [6.07, 6.45) is 0. The molecule has 0 rings (SSSR count). The molecule has 0 aliphatic heterocycles. The summed E-state index contributed by atoms with van der Waals surface area (Å²) >= 11 is 0. The van der Waals surface area contributed by atoms with Crippen LogP contribution in [0, 0.1) is 0 Å². The predicted molar refractivity (Wildman–Crippen MR) is 35.8 cm³/mol. The Bertz CT molecular complexity index is 60.0. The second-order valence-corrected chi connectivity index (χ2v) is 3.36. The van der Waals surface area contributed by atoms with Gasteiger partial charge in [0.2, 0.25) is 0 Å². The van der Waals surface area contributed by atoms with Crippen LogP contribution in [0.1, 0.15) is 6.92 Å². The highest BCUT2D eigenvalue weighted by molar-refractivity contribution is 7.43. The molecule has 0 amide bonds. The van der Waals surface area contributed by atoms with Gasteiger partial charge in [-0.25, -0.2) is 4.89 Å². The minimum absolute atomic E-state index is 0.586. The summed E-state index contributed by atoms with van der Waals surface area (Å²) in [6.45, 7) is 2.45. The Balaban J connectivity index is 3.17. The van der Waals surface area contributed by atoms with E-state index in [0.717, 1.165) is 0 Å². The van der Waals surface area contributed by atoms with Crippen LogP contribution in [-0.2, 0) is 4.52 Å². The second kappa shape index (κ2) is 4.21. The van der Waals surface area contributed by atoms with Crippen LogP contribution in [0.3, 0.4) is 0 Å². The Hall–Kier alpha value is 0.310. The van der Waals surface area contributed by atoms with E-state index >= 15 is 0 Å². The molecule has 0 aromatic rings. The third kappa shape index (κ3) is 3.33. The average Bonchev–Trinajstić information content (AvgIpc) is 1.67. The van der Waals surface area contributed by atoms with Gasteiger partial charge in [-0.2, -0.15) is 4.52 Å². The predicted octanol–water partition coefficient (Wildman–Crippen LogP) is 0.536. The van der Waals surface area contributed by atoms with E-state index in [2.05, 4.69) is 0 Å². The molecule has 0 saturated carbocycles. The summed E-state index contributed by atoms with van der Waals surface area (Å²) in [7, 11) is 1.97. The first-order valence-corrected chi connectivity index (χ1v) is 3.84. The largest absolute Gasteiger partial charge is 0.331 e. The van der Waals surface area contributed by atoms with Gasteiger partial charge in [0.05, 0.1) is 6.61 Å². The fraction of sp³-hybridized carbons (Fsp3) is 1.00. The normalized spacial score (nSPS) is 14.6. The summed E-state index contributed by atoms with van der Waals surface area (Å²) in [5.41, 5.74) is 0. The highest BCUT2D eigenvalue weighted by Gasteiger charge is 2.13. The van der Waals surface area contributed by atoms with E-state index in [4.69, 9.17) is 9.42 Å². The van der Waals surface area contributed by atoms with Crippen LogP contribution in [0.2, 0.25) is 0 Å². The van der Waals surface area contributed by atoms with Gasteiger partial charge in [0.25, 0.3) is 0 Å². The van der Waals surface area contributed by atoms with Crippen LogP contribution in [0.5, 0.6) is 0 Å². The molecular formula is C4H13NO2P+. The van der Waals surface area contributed by atoms with E-state index in [0.29, 0.717) is 6.61 Å². The van der Waals surface area contributed by atoms with Gasteiger partial charge in [0.1, 0.15) is 0 Å².